The Balaban J connectivity index is 1.84. The molecule has 3 rings (SSSR count). The van der Waals surface area contributed by atoms with E-state index >= 15 is 0 Å². The lowest BCUT2D eigenvalue weighted by molar-refractivity contribution is 0.0274. The molecule has 0 fully saturated rings. The van der Waals surface area contributed by atoms with Crippen molar-refractivity contribution in [3.63, 3.8) is 0 Å². The van der Waals surface area contributed by atoms with Crippen LogP contribution in [0.5, 0.6) is 0 Å². The standard InChI is InChI=1S/C19H23N3O4/c1-5-25-19(24)16-20-17-15(10-14(11(2)3)22(17)21-16)26-18(23)13-8-6-12(4)7-9-13/h6-9,11,14-15H,5,10H2,1-4H3/t14-,15+/m0/s1. The number of carbonyl (C=O) groups is 2. The minimum absolute atomic E-state index is 0.00332. The number of fused-ring (bicyclic) bond motifs is 1. The topological polar surface area (TPSA) is 83.3 Å². The van der Waals surface area contributed by atoms with Crippen molar-refractivity contribution in [1.29, 1.82) is 0 Å². The Morgan fingerprint density at radius 1 is 1.23 bits per heavy atom. The van der Waals surface area contributed by atoms with Crippen LogP contribution in [0.25, 0.3) is 0 Å². The molecule has 2 atom stereocenters. The lowest BCUT2D eigenvalue weighted by Gasteiger charge is -2.16. The maximum Gasteiger partial charge on any atom is 0.378 e. The van der Waals surface area contributed by atoms with Gasteiger partial charge in [-0.05, 0) is 31.9 Å². The first-order valence-electron chi connectivity index (χ1n) is 8.82. The number of aromatic nitrogens is 3. The number of benzene rings is 1. The van der Waals surface area contributed by atoms with Crippen LogP contribution in [0.2, 0.25) is 0 Å². The van der Waals surface area contributed by atoms with Gasteiger partial charge >= 0.3 is 11.9 Å². The van der Waals surface area contributed by atoms with Gasteiger partial charge in [0.2, 0.25) is 0 Å². The van der Waals surface area contributed by atoms with E-state index in [1.807, 2.05) is 19.1 Å². The molecule has 26 heavy (non-hydrogen) atoms. The summed E-state index contributed by atoms with van der Waals surface area (Å²) in [6.07, 6.45) is 0.0557. The van der Waals surface area contributed by atoms with Gasteiger partial charge in [-0.3, -0.25) is 0 Å². The number of hydrogen-bond donors (Lipinski definition) is 0. The van der Waals surface area contributed by atoms with Gasteiger partial charge in [0.15, 0.2) is 11.9 Å². The van der Waals surface area contributed by atoms with Crippen LogP contribution in [0, 0.1) is 12.8 Å². The molecule has 0 unspecified atom stereocenters. The molecule has 1 aliphatic heterocycles. The van der Waals surface area contributed by atoms with Gasteiger partial charge in [-0.1, -0.05) is 31.5 Å². The first kappa shape index (κ1) is 18.1. The van der Waals surface area contributed by atoms with E-state index in [0.29, 0.717) is 17.8 Å². The Morgan fingerprint density at radius 3 is 2.54 bits per heavy atom. The Labute approximate surface area is 152 Å². The highest BCUT2D eigenvalue weighted by Gasteiger charge is 2.39. The Bertz CT molecular complexity index is 811. The summed E-state index contributed by atoms with van der Waals surface area (Å²) in [5.74, 6) is -0.225. The number of nitrogens with zero attached hydrogens (tertiary/aromatic N) is 3. The molecule has 0 saturated carbocycles. The van der Waals surface area contributed by atoms with Crippen molar-refractivity contribution in [3.05, 3.63) is 47.0 Å². The second kappa shape index (κ2) is 7.27. The van der Waals surface area contributed by atoms with Crippen LogP contribution in [0.15, 0.2) is 24.3 Å². The van der Waals surface area contributed by atoms with Crippen LogP contribution < -0.4 is 0 Å². The summed E-state index contributed by atoms with van der Waals surface area (Å²) in [6.45, 7) is 8.06. The van der Waals surface area contributed by atoms with Crippen LogP contribution >= 0.6 is 0 Å². The molecule has 0 radical (unpaired) electrons. The van der Waals surface area contributed by atoms with Crippen molar-refractivity contribution in [2.45, 2.75) is 46.3 Å². The Morgan fingerprint density at radius 2 is 1.92 bits per heavy atom. The second-order valence-corrected chi connectivity index (χ2v) is 6.77. The van der Waals surface area contributed by atoms with E-state index in [9.17, 15) is 9.59 Å². The maximum absolute atomic E-state index is 12.5. The third kappa shape index (κ3) is 3.47. The number of carbonyl (C=O) groups excluding carboxylic acids is 2. The summed E-state index contributed by atoms with van der Waals surface area (Å²) in [6, 6.07) is 7.21. The lowest BCUT2D eigenvalue weighted by Crippen LogP contribution is -2.15. The van der Waals surface area contributed by atoms with Gasteiger partial charge in [-0.25, -0.2) is 19.3 Å². The molecule has 7 heteroatoms. The lowest BCUT2D eigenvalue weighted by atomic mass is 10.0. The van der Waals surface area contributed by atoms with Gasteiger partial charge in [0.05, 0.1) is 18.2 Å². The third-order valence-corrected chi connectivity index (χ3v) is 4.48. The zero-order chi connectivity index (χ0) is 18.8. The first-order valence-corrected chi connectivity index (χ1v) is 8.82. The highest BCUT2D eigenvalue weighted by Crippen LogP contribution is 2.39. The fourth-order valence-electron chi connectivity index (χ4n) is 3.05. The van der Waals surface area contributed by atoms with E-state index in [0.717, 1.165) is 5.56 Å². The predicted molar refractivity (Wildman–Crippen MR) is 93.8 cm³/mol. The average Bonchev–Trinajstić information content (AvgIpc) is 3.16. The zero-order valence-corrected chi connectivity index (χ0v) is 15.4. The molecule has 2 aromatic rings. The maximum atomic E-state index is 12.5. The summed E-state index contributed by atoms with van der Waals surface area (Å²) in [4.78, 5) is 28.7. The second-order valence-electron chi connectivity index (χ2n) is 6.77. The van der Waals surface area contributed by atoms with E-state index in [-0.39, 0.29) is 24.4 Å². The molecule has 138 valence electrons. The molecule has 2 heterocycles. The van der Waals surface area contributed by atoms with Gasteiger partial charge < -0.3 is 9.47 Å². The summed E-state index contributed by atoms with van der Waals surface area (Å²) in [5.41, 5.74) is 1.56. The van der Waals surface area contributed by atoms with Crippen LogP contribution in [-0.2, 0) is 9.47 Å². The highest BCUT2D eigenvalue weighted by molar-refractivity contribution is 5.89. The van der Waals surface area contributed by atoms with Crippen molar-refractivity contribution in [2.24, 2.45) is 5.92 Å². The molecule has 1 aromatic heterocycles. The van der Waals surface area contributed by atoms with Crippen LogP contribution in [0.3, 0.4) is 0 Å². The number of aryl methyl sites for hydroxylation is 1. The number of esters is 2. The monoisotopic (exact) mass is 357 g/mol. The van der Waals surface area contributed by atoms with Crippen molar-refractivity contribution in [2.75, 3.05) is 6.61 Å². The SMILES string of the molecule is CCOC(=O)c1nc2n(n1)[C@H](C(C)C)C[C@H]2OC(=O)c1ccc(C)cc1. The van der Waals surface area contributed by atoms with Gasteiger partial charge in [0, 0.05) is 6.42 Å². The van der Waals surface area contributed by atoms with Gasteiger partial charge in [-0.2, -0.15) is 0 Å². The molecular formula is C19H23N3O4. The summed E-state index contributed by atoms with van der Waals surface area (Å²) >= 11 is 0. The van der Waals surface area contributed by atoms with Crippen molar-refractivity contribution >= 4 is 11.9 Å². The normalized spacial score (nSPS) is 18.7. The molecule has 1 aromatic carbocycles. The van der Waals surface area contributed by atoms with E-state index in [2.05, 4.69) is 23.9 Å². The molecule has 0 saturated heterocycles. The minimum Gasteiger partial charge on any atom is -0.460 e. The Kier molecular flexibility index (Phi) is 5.06. The molecule has 0 aliphatic carbocycles. The highest BCUT2D eigenvalue weighted by atomic mass is 16.5. The Hall–Kier alpha value is -2.70. The quantitative estimate of drug-likeness (QED) is 0.764. The fourth-order valence-corrected chi connectivity index (χ4v) is 3.05. The van der Waals surface area contributed by atoms with Gasteiger partial charge in [-0.15, -0.1) is 5.10 Å². The summed E-state index contributed by atoms with van der Waals surface area (Å²) in [7, 11) is 0. The zero-order valence-electron chi connectivity index (χ0n) is 15.4. The predicted octanol–water partition coefficient (Wildman–Crippen LogP) is 3.26. The third-order valence-electron chi connectivity index (χ3n) is 4.48. The minimum atomic E-state index is -0.569. The smallest absolute Gasteiger partial charge is 0.378 e. The van der Waals surface area contributed by atoms with Crippen molar-refractivity contribution in [3.8, 4) is 0 Å². The molecule has 1 aliphatic rings. The first-order chi connectivity index (χ1) is 12.4. The number of ether oxygens (including phenoxy) is 2. The van der Waals surface area contributed by atoms with Crippen molar-refractivity contribution in [1.82, 2.24) is 14.8 Å². The average molecular weight is 357 g/mol. The van der Waals surface area contributed by atoms with E-state index in [4.69, 9.17) is 9.47 Å². The van der Waals surface area contributed by atoms with Crippen molar-refractivity contribution < 1.29 is 19.1 Å². The molecular weight excluding hydrogens is 334 g/mol. The largest absolute Gasteiger partial charge is 0.460 e. The molecule has 0 bridgehead atoms. The van der Waals surface area contributed by atoms with Gasteiger partial charge in [0.25, 0.3) is 5.82 Å². The van der Waals surface area contributed by atoms with E-state index in [1.54, 1.807) is 23.7 Å². The van der Waals surface area contributed by atoms with Crippen LogP contribution in [-0.4, -0.2) is 33.3 Å². The fraction of sp³-hybridized carbons (Fsp3) is 0.474. The van der Waals surface area contributed by atoms with Crippen LogP contribution in [0.4, 0.5) is 0 Å². The van der Waals surface area contributed by atoms with E-state index in [1.165, 1.54) is 0 Å². The summed E-state index contributed by atoms with van der Waals surface area (Å²) in [5, 5.41) is 4.29. The molecule has 0 N–H and O–H groups in total. The van der Waals surface area contributed by atoms with Gasteiger partial charge in [0.1, 0.15) is 0 Å². The summed E-state index contributed by atoms with van der Waals surface area (Å²) < 4.78 is 12.4. The molecule has 0 amide bonds. The van der Waals surface area contributed by atoms with E-state index < -0.39 is 18.0 Å². The molecule has 0 spiro atoms. The molecule has 7 nitrogen and oxygen atoms in total. The van der Waals surface area contributed by atoms with Crippen LogP contribution in [0.1, 0.15) is 71.7 Å². The number of rotatable bonds is 5. The number of hydrogen-bond acceptors (Lipinski definition) is 6.